The van der Waals surface area contributed by atoms with Crippen LogP contribution in [0.4, 0.5) is 0 Å². The number of carboxylic acid groups (broad SMARTS) is 1. The standard InChI is InChI=1S/C12H13NO4S/c1-7-4-10(14)13(11(15)5-7)6-8-2-3-9(18-8)12(16)17/h2-3,7H,4-6H2,1H3,(H,16,17). The maximum Gasteiger partial charge on any atom is 0.345 e. The summed E-state index contributed by atoms with van der Waals surface area (Å²) in [5, 5.41) is 8.81. The minimum Gasteiger partial charge on any atom is -0.477 e. The second-order valence-electron chi connectivity index (χ2n) is 4.46. The zero-order chi connectivity index (χ0) is 13.3. The van der Waals surface area contributed by atoms with E-state index in [-0.39, 0.29) is 29.2 Å². The number of rotatable bonds is 3. The van der Waals surface area contributed by atoms with Gasteiger partial charge in [0, 0.05) is 17.7 Å². The van der Waals surface area contributed by atoms with Crippen LogP contribution in [0.5, 0.6) is 0 Å². The van der Waals surface area contributed by atoms with Crippen LogP contribution in [0, 0.1) is 5.92 Å². The number of likely N-dealkylation sites (tertiary alicyclic amines) is 1. The first-order valence-electron chi connectivity index (χ1n) is 5.62. The first-order chi connectivity index (χ1) is 8.47. The minimum atomic E-state index is -0.990. The normalized spacial score (nSPS) is 17.3. The van der Waals surface area contributed by atoms with E-state index in [4.69, 9.17) is 5.11 Å². The molecule has 2 heterocycles. The summed E-state index contributed by atoms with van der Waals surface area (Å²) in [6.07, 6.45) is 0.756. The molecule has 18 heavy (non-hydrogen) atoms. The van der Waals surface area contributed by atoms with Crippen LogP contribution in [0.2, 0.25) is 0 Å². The second kappa shape index (κ2) is 4.89. The third-order valence-electron chi connectivity index (χ3n) is 2.83. The summed E-state index contributed by atoms with van der Waals surface area (Å²) in [5.41, 5.74) is 0. The summed E-state index contributed by atoms with van der Waals surface area (Å²) in [6, 6.07) is 3.14. The Morgan fingerprint density at radius 3 is 2.50 bits per heavy atom. The van der Waals surface area contributed by atoms with Gasteiger partial charge in [0.25, 0.3) is 0 Å². The molecule has 0 unspecified atom stereocenters. The first kappa shape index (κ1) is 12.8. The van der Waals surface area contributed by atoms with Crippen LogP contribution in [0.1, 0.15) is 34.3 Å². The van der Waals surface area contributed by atoms with Crippen molar-refractivity contribution in [2.45, 2.75) is 26.3 Å². The molecule has 0 bridgehead atoms. The second-order valence-corrected chi connectivity index (χ2v) is 5.63. The lowest BCUT2D eigenvalue weighted by molar-refractivity contribution is -0.150. The van der Waals surface area contributed by atoms with E-state index < -0.39 is 5.97 Å². The first-order valence-corrected chi connectivity index (χ1v) is 6.44. The number of piperidine rings is 1. The predicted octanol–water partition coefficient (Wildman–Crippen LogP) is 1.73. The van der Waals surface area contributed by atoms with Crippen molar-refractivity contribution in [3.8, 4) is 0 Å². The zero-order valence-electron chi connectivity index (χ0n) is 9.88. The molecule has 1 saturated heterocycles. The van der Waals surface area contributed by atoms with E-state index in [9.17, 15) is 14.4 Å². The Morgan fingerprint density at radius 1 is 1.39 bits per heavy atom. The molecule has 2 amide bonds. The lowest BCUT2D eigenvalue weighted by atomic mass is 9.98. The third kappa shape index (κ3) is 2.59. The van der Waals surface area contributed by atoms with Crippen LogP contribution in [-0.2, 0) is 16.1 Å². The Balaban J connectivity index is 2.10. The van der Waals surface area contributed by atoms with Gasteiger partial charge in [-0.05, 0) is 18.1 Å². The van der Waals surface area contributed by atoms with Crippen molar-refractivity contribution in [1.29, 1.82) is 0 Å². The van der Waals surface area contributed by atoms with Crippen molar-refractivity contribution in [3.63, 3.8) is 0 Å². The monoisotopic (exact) mass is 267 g/mol. The number of carbonyl (C=O) groups excluding carboxylic acids is 2. The number of hydrogen-bond donors (Lipinski definition) is 1. The van der Waals surface area contributed by atoms with E-state index in [0.29, 0.717) is 17.7 Å². The van der Waals surface area contributed by atoms with Crippen molar-refractivity contribution in [2.75, 3.05) is 0 Å². The molecule has 0 spiro atoms. The molecule has 1 N–H and O–H groups in total. The number of imide groups is 1. The molecule has 1 aliphatic heterocycles. The van der Waals surface area contributed by atoms with Crippen molar-refractivity contribution in [3.05, 3.63) is 21.9 Å². The average molecular weight is 267 g/mol. The Kier molecular flexibility index (Phi) is 3.47. The van der Waals surface area contributed by atoms with Gasteiger partial charge in [-0.15, -0.1) is 11.3 Å². The zero-order valence-corrected chi connectivity index (χ0v) is 10.7. The minimum absolute atomic E-state index is 0.0965. The Hall–Kier alpha value is -1.69. The van der Waals surface area contributed by atoms with E-state index in [1.54, 1.807) is 6.07 Å². The van der Waals surface area contributed by atoms with Crippen LogP contribution in [-0.4, -0.2) is 27.8 Å². The van der Waals surface area contributed by atoms with E-state index in [1.165, 1.54) is 11.0 Å². The van der Waals surface area contributed by atoms with E-state index in [0.717, 1.165) is 11.3 Å². The van der Waals surface area contributed by atoms with Crippen molar-refractivity contribution < 1.29 is 19.5 Å². The molecule has 0 atom stereocenters. The Bertz CT molecular complexity index is 490. The molecule has 96 valence electrons. The number of nitrogens with zero attached hydrogens (tertiary/aromatic N) is 1. The highest BCUT2D eigenvalue weighted by molar-refractivity contribution is 7.13. The van der Waals surface area contributed by atoms with Gasteiger partial charge in [-0.3, -0.25) is 14.5 Å². The SMILES string of the molecule is CC1CC(=O)N(Cc2ccc(C(=O)O)s2)C(=O)C1. The molecule has 0 aliphatic carbocycles. The van der Waals surface area contributed by atoms with Crippen molar-refractivity contribution in [2.24, 2.45) is 5.92 Å². The summed E-state index contributed by atoms with van der Waals surface area (Å²) in [7, 11) is 0. The number of carboxylic acids is 1. The molecular weight excluding hydrogens is 254 g/mol. The summed E-state index contributed by atoms with van der Waals surface area (Å²) in [6.45, 7) is 2.06. The molecule has 1 fully saturated rings. The van der Waals surface area contributed by atoms with Gasteiger partial charge < -0.3 is 5.11 Å². The quantitative estimate of drug-likeness (QED) is 0.846. The number of thiophene rings is 1. The van der Waals surface area contributed by atoms with Gasteiger partial charge in [-0.25, -0.2) is 4.79 Å². The van der Waals surface area contributed by atoms with Crippen molar-refractivity contribution >= 4 is 29.1 Å². The van der Waals surface area contributed by atoms with Gasteiger partial charge in [0.2, 0.25) is 11.8 Å². The highest BCUT2D eigenvalue weighted by Crippen LogP contribution is 2.24. The van der Waals surface area contributed by atoms with Crippen molar-refractivity contribution in [1.82, 2.24) is 4.90 Å². The molecule has 0 radical (unpaired) electrons. The maximum absolute atomic E-state index is 11.8. The fraction of sp³-hybridized carbons (Fsp3) is 0.417. The van der Waals surface area contributed by atoms with Gasteiger partial charge in [0.1, 0.15) is 4.88 Å². The summed E-state index contributed by atoms with van der Waals surface area (Å²) >= 11 is 1.09. The molecule has 6 heteroatoms. The fourth-order valence-electron chi connectivity index (χ4n) is 1.94. The third-order valence-corrected chi connectivity index (χ3v) is 3.89. The van der Waals surface area contributed by atoms with Crippen LogP contribution < -0.4 is 0 Å². The summed E-state index contributed by atoms with van der Waals surface area (Å²) in [5.74, 6) is -1.25. The highest BCUT2D eigenvalue weighted by atomic mass is 32.1. The molecule has 5 nitrogen and oxygen atoms in total. The number of amides is 2. The number of carbonyl (C=O) groups is 3. The maximum atomic E-state index is 11.8. The molecule has 1 aliphatic rings. The van der Waals surface area contributed by atoms with Crippen LogP contribution in [0.25, 0.3) is 0 Å². The van der Waals surface area contributed by atoms with Gasteiger partial charge in [0.05, 0.1) is 6.54 Å². The van der Waals surface area contributed by atoms with Gasteiger partial charge in [-0.2, -0.15) is 0 Å². The number of hydrogen-bond acceptors (Lipinski definition) is 4. The highest BCUT2D eigenvalue weighted by Gasteiger charge is 2.30. The van der Waals surface area contributed by atoms with E-state index in [2.05, 4.69) is 0 Å². The van der Waals surface area contributed by atoms with Crippen LogP contribution in [0.15, 0.2) is 12.1 Å². The largest absolute Gasteiger partial charge is 0.477 e. The lowest BCUT2D eigenvalue weighted by Crippen LogP contribution is -2.41. The Morgan fingerprint density at radius 2 is 2.00 bits per heavy atom. The van der Waals surface area contributed by atoms with E-state index in [1.807, 2.05) is 6.92 Å². The summed E-state index contributed by atoms with van der Waals surface area (Å²) in [4.78, 5) is 36.4. The summed E-state index contributed by atoms with van der Waals surface area (Å²) < 4.78 is 0. The molecular formula is C12H13NO4S. The van der Waals surface area contributed by atoms with Gasteiger partial charge >= 0.3 is 5.97 Å². The molecule has 1 aromatic rings. The van der Waals surface area contributed by atoms with Gasteiger partial charge in [0.15, 0.2) is 0 Å². The van der Waals surface area contributed by atoms with Crippen LogP contribution in [0.3, 0.4) is 0 Å². The fourth-order valence-corrected chi connectivity index (χ4v) is 2.77. The molecule has 0 saturated carbocycles. The molecule has 1 aromatic heterocycles. The average Bonchev–Trinajstić information content (AvgIpc) is 2.71. The smallest absolute Gasteiger partial charge is 0.345 e. The molecule has 0 aromatic carbocycles. The predicted molar refractivity (Wildman–Crippen MR) is 65.2 cm³/mol. The molecule has 2 rings (SSSR count). The van der Waals surface area contributed by atoms with Gasteiger partial charge in [-0.1, -0.05) is 6.92 Å². The lowest BCUT2D eigenvalue weighted by Gasteiger charge is -2.27. The topological polar surface area (TPSA) is 74.7 Å². The Labute approximate surface area is 108 Å². The number of aromatic carboxylic acids is 1. The van der Waals surface area contributed by atoms with E-state index >= 15 is 0 Å². The van der Waals surface area contributed by atoms with Crippen LogP contribution >= 0.6 is 11.3 Å².